The quantitative estimate of drug-likeness (QED) is 0.618. The molecule has 0 spiro atoms. The fraction of sp³-hybridized carbons (Fsp3) is 0.923. The molecule has 5 nitrogen and oxygen atoms in total. The van der Waals surface area contributed by atoms with Crippen molar-refractivity contribution in [3.63, 3.8) is 0 Å². The molecular formula is C13H28N2O3. The number of likely N-dealkylation sites (N-methyl/N-ethyl adjacent to an activating group) is 1. The molecule has 5 heteroatoms. The van der Waals surface area contributed by atoms with Crippen LogP contribution < -0.4 is 5.32 Å². The minimum absolute atomic E-state index is 0.425. The van der Waals surface area contributed by atoms with Gasteiger partial charge in [-0.1, -0.05) is 13.8 Å². The SMILES string of the molecule is CCN(CC)CCNC(CC(C)(C)OC)C(=O)O. The van der Waals surface area contributed by atoms with Crippen molar-refractivity contribution < 1.29 is 14.6 Å². The normalized spacial score (nSPS) is 13.9. The van der Waals surface area contributed by atoms with E-state index in [1.165, 1.54) is 0 Å². The Morgan fingerprint density at radius 2 is 1.94 bits per heavy atom. The third-order valence-corrected chi connectivity index (χ3v) is 3.26. The molecule has 0 radical (unpaired) electrons. The van der Waals surface area contributed by atoms with Gasteiger partial charge >= 0.3 is 5.97 Å². The standard InChI is InChI=1S/C13H28N2O3/c1-6-15(7-2)9-8-14-11(12(16)17)10-13(3,4)18-5/h11,14H,6-10H2,1-5H3,(H,16,17). The Labute approximate surface area is 110 Å². The summed E-state index contributed by atoms with van der Waals surface area (Å²) in [7, 11) is 1.61. The van der Waals surface area contributed by atoms with Crippen molar-refractivity contribution in [2.24, 2.45) is 0 Å². The lowest BCUT2D eigenvalue weighted by Crippen LogP contribution is -2.45. The van der Waals surface area contributed by atoms with Gasteiger partial charge in [-0.25, -0.2) is 0 Å². The first-order valence-electron chi connectivity index (χ1n) is 6.60. The highest BCUT2D eigenvalue weighted by molar-refractivity contribution is 5.73. The number of carboxylic acid groups (broad SMARTS) is 1. The first kappa shape index (κ1) is 17.4. The Morgan fingerprint density at radius 3 is 2.33 bits per heavy atom. The van der Waals surface area contributed by atoms with Crippen molar-refractivity contribution in [2.75, 3.05) is 33.3 Å². The van der Waals surface area contributed by atoms with Gasteiger partial charge in [-0.05, 0) is 26.9 Å². The number of hydrogen-bond acceptors (Lipinski definition) is 4. The second-order valence-electron chi connectivity index (χ2n) is 5.04. The zero-order chi connectivity index (χ0) is 14.2. The van der Waals surface area contributed by atoms with Gasteiger partial charge in [-0.2, -0.15) is 0 Å². The van der Waals surface area contributed by atoms with Crippen molar-refractivity contribution in [2.45, 2.75) is 45.8 Å². The molecule has 0 aromatic heterocycles. The highest BCUT2D eigenvalue weighted by Crippen LogP contribution is 2.15. The monoisotopic (exact) mass is 260 g/mol. The lowest BCUT2D eigenvalue weighted by Gasteiger charge is -2.27. The highest BCUT2D eigenvalue weighted by atomic mass is 16.5. The smallest absolute Gasteiger partial charge is 0.320 e. The van der Waals surface area contributed by atoms with E-state index in [0.717, 1.165) is 19.6 Å². The van der Waals surface area contributed by atoms with Gasteiger partial charge in [-0.15, -0.1) is 0 Å². The van der Waals surface area contributed by atoms with Crippen molar-refractivity contribution in [3.05, 3.63) is 0 Å². The summed E-state index contributed by atoms with van der Waals surface area (Å²) in [5, 5.41) is 12.3. The molecule has 0 saturated carbocycles. The molecule has 2 N–H and O–H groups in total. The van der Waals surface area contributed by atoms with Gasteiger partial charge in [0.05, 0.1) is 5.60 Å². The molecule has 1 atom stereocenters. The van der Waals surface area contributed by atoms with E-state index in [1.807, 2.05) is 13.8 Å². The van der Waals surface area contributed by atoms with Crippen molar-refractivity contribution in [3.8, 4) is 0 Å². The van der Waals surface area contributed by atoms with Crippen LogP contribution in [-0.4, -0.2) is 60.9 Å². The molecule has 0 heterocycles. The molecule has 0 fully saturated rings. The largest absolute Gasteiger partial charge is 0.480 e. The number of rotatable bonds is 10. The van der Waals surface area contributed by atoms with E-state index in [2.05, 4.69) is 24.1 Å². The van der Waals surface area contributed by atoms with Gasteiger partial charge in [0.15, 0.2) is 0 Å². The second-order valence-corrected chi connectivity index (χ2v) is 5.04. The first-order chi connectivity index (χ1) is 8.36. The third kappa shape index (κ3) is 6.93. The van der Waals surface area contributed by atoms with Crippen LogP contribution >= 0.6 is 0 Å². The molecular weight excluding hydrogens is 232 g/mol. The van der Waals surface area contributed by atoms with E-state index in [-0.39, 0.29) is 0 Å². The summed E-state index contributed by atoms with van der Waals surface area (Å²) < 4.78 is 5.27. The molecule has 1 unspecified atom stereocenters. The molecule has 0 aliphatic rings. The van der Waals surface area contributed by atoms with E-state index >= 15 is 0 Å². The van der Waals surface area contributed by atoms with E-state index in [1.54, 1.807) is 7.11 Å². The number of carbonyl (C=O) groups is 1. The maximum Gasteiger partial charge on any atom is 0.320 e. The summed E-state index contributed by atoms with van der Waals surface area (Å²) >= 11 is 0. The van der Waals surface area contributed by atoms with Gasteiger partial charge in [0.1, 0.15) is 6.04 Å². The maximum absolute atomic E-state index is 11.2. The third-order valence-electron chi connectivity index (χ3n) is 3.26. The predicted molar refractivity (Wildman–Crippen MR) is 72.9 cm³/mol. The van der Waals surface area contributed by atoms with Crippen LogP contribution in [-0.2, 0) is 9.53 Å². The summed E-state index contributed by atoms with van der Waals surface area (Å²) in [6.45, 7) is 11.5. The molecule has 108 valence electrons. The Kier molecular flexibility index (Phi) is 8.15. The minimum Gasteiger partial charge on any atom is -0.480 e. The Balaban J connectivity index is 4.17. The Hall–Kier alpha value is -0.650. The predicted octanol–water partition coefficient (Wildman–Crippen LogP) is 1.19. The van der Waals surface area contributed by atoms with Crippen LogP contribution in [0.5, 0.6) is 0 Å². The first-order valence-corrected chi connectivity index (χ1v) is 6.60. The summed E-state index contributed by atoms with van der Waals surface area (Å²) in [5.74, 6) is -0.820. The zero-order valence-electron chi connectivity index (χ0n) is 12.3. The average Bonchev–Trinajstić information content (AvgIpc) is 2.33. The van der Waals surface area contributed by atoms with Gasteiger partial charge in [0.2, 0.25) is 0 Å². The van der Waals surface area contributed by atoms with Crippen LogP contribution in [0.15, 0.2) is 0 Å². The molecule has 0 aromatic carbocycles. The Morgan fingerprint density at radius 1 is 1.39 bits per heavy atom. The summed E-state index contributed by atoms with van der Waals surface area (Å²) in [6.07, 6.45) is 0.455. The van der Waals surface area contributed by atoms with Crippen LogP contribution in [0.2, 0.25) is 0 Å². The number of aliphatic carboxylic acids is 1. The second kappa shape index (κ2) is 8.45. The lowest BCUT2D eigenvalue weighted by atomic mass is 9.99. The van der Waals surface area contributed by atoms with E-state index in [0.29, 0.717) is 13.0 Å². The van der Waals surface area contributed by atoms with Crippen molar-refractivity contribution in [1.82, 2.24) is 10.2 Å². The molecule has 0 aliphatic heterocycles. The summed E-state index contributed by atoms with van der Waals surface area (Å²) in [5.41, 5.74) is -0.425. The van der Waals surface area contributed by atoms with Crippen molar-refractivity contribution >= 4 is 5.97 Å². The van der Waals surface area contributed by atoms with Gasteiger partial charge in [-0.3, -0.25) is 4.79 Å². The molecule has 0 aromatic rings. The minimum atomic E-state index is -0.820. The highest BCUT2D eigenvalue weighted by Gasteiger charge is 2.27. The number of nitrogens with zero attached hydrogens (tertiary/aromatic N) is 1. The fourth-order valence-electron chi connectivity index (χ4n) is 1.76. The number of nitrogens with one attached hydrogen (secondary N) is 1. The number of carboxylic acids is 1. The lowest BCUT2D eigenvalue weighted by molar-refractivity contribution is -0.141. The number of ether oxygens (including phenoxy) is 1. The number of methoxy groups -OCH3 is 1. The molecule has 0 bridgehead atoms. The Bertz CT molecular complexity index is 240. The van der Waals surface area contributed by atoms with Crippen LogP contribution in [0.25, 0.3) is 0 Å². The topological polar surface area (TPSA) is 61.8 Å². The van der Waals surface area contributed by atoms with E-state index in [9.17, 15) is 9.90 Å². The molecule has 0 amide bonds. The maximum atomic E-state index is 11.2. The average molecular weight is 260 g/mol. The zero-order valence-corrected chi connectivity index (χ0v) is 12.3. The fourth-order valence-corrected chi connectivity index (χ4v) is 1.76. The molecule has 0 rings (SSSR count). The molecule has 0 saturated heterocycles. The molecule has 18 heavy (non-hydrogen) atoms. The van der Waals surface area contributed by atoms with Crippen LogP contribution in [0.4, 0.5) is 0 Å². The van der Waals surface area contributed by atoms with E-state index in [4.69, 9.17) is 4.74 Å². The van der Waals surface area contributed by atoms with Crippen LogP contribution in [0.3, 0.4) is 0 Å². The number of hydrogen-bond donors (Lipinski definition) is 2. The van der Waals surface area contributed by atoms with Crippen LogP contribution in [0, 0.1) is 0 Å². The van der Waals surface area contributed by atoms with E-state index < -0.39 is 17.6 Å². The summed E-state index contributed by atoms with van der Waals surface area (Å²) in [4.78, 5) is 13.4. The van der Waals surface area contributed by atoms with Gasteiger partial charge < -0.3 is 20.1 Å². The summed E-state index contributed by atoms with van der Waals surface area (Å²) in [6, 6.07) is -0.560. The molecule has 0 aliphatic carbocycles. The van der Waals surface area contributed by atoms with Gasteiger partial charge in [0, 0.05) is 26.6 Å². The van der Waals surface area contributed by atoms with Gasteiger partial charge in [0.25, 0.3) is 0 Å². The van der Waals surface area contributed by atoms with Crippen molar-refractivity contribution in [1.29, 1.82) is 0 Å². The van der Waals surface area contributed by atoms with Crippen LogP contribution in [0.1, 0.15) is 34.1 Å².